The van der Waals surface area contributed by atoms with Crippen LogP contribution in [0.1, 0.15) is 0 Å². The minimum absolute atomic E-state index is 1.31. The van der Waals surface area contributed by atoms with E-state index in [0.29, 0.717) is 0 Å². The first-order valence-electron chi connectivity index (χ1n) is 4.19. The van der Waals surface area contributed by atoms with Crippen molar-refractivity contribution in [3.8, 4) is 0 Å². The van der Waals surface area contributed by atoms with Crippen LogP contribution in [-0.4, -0.2) is 7.05 Å². The Kier molecular flexibility index (Phi) is 1.80. The molecular formula is C11H12N+. The van der Waals surface area contributed by atoms with Gasteiger partial charge in [0.1, 0.15) is 5.69 Å². The summed E-state index contributed by atoms with van der Waals surface area (Å²) in [6.45, 7) is 0. The summed E-state index contributed by atoms with van der Waals surface area (Å²) in [7, 11) is 2.07. The van der Waals surface area contributed by atoms with Crippen LogP contribution in [0.5, 0.6) is 0 Å². The first kappa shape index (κ1) is 7.32. The molecule has 0 aromatic heterocycles. The SMILES string of the molecule is C[NH2+]c1cccc2ccccc12. The molecule has 0 fully saturated rings. The van der Waals surface area contributed by atoms with Crippen molar-refractivity contribution in [1.82, 2.24) is 0 Å². The Balaban J connectivity index is 2.79. The zero-order valence-electron chi connectivity index (χ0n) is 7.12. The lowest BCUT2D eigenvalue weighted by atomic mass is 10.1. The van der Waals surface area contributed by atoms with Gasteiger partial charge in [0.15, 0.2) is 0 Å². The number of fused-ring (bicyclic) bond motifs is 1. The first-order valence-corrected chi connectivity index (χ1v) is 4.19. The number of rotatable bonds is 1. The van der Waals surface area contributed by atoms with Gasteiger partial charge in [0.2, 0.25) is 0 Å². The maximum atomic E-state index is 2.16. The minimum Gasteiger partial charge on any atom is -0.316 e. The minimum atomic E-state index is 1.31. The fourth-order valence-electron chi connectivity index (χ4n) is 1.50. The summed E-state index contributed by atoms with van der Waals surface area (Å²) in [5.74, 6) is 0. The van der Waals surface area contributed by atoms with E-state index in [0.717, 1.165) is 0 Å². The largest absolute Gasteiger partial charge is 0.316 e. The molecule has 0 aliphatic rings. The Hall–Kier alpha value is -1.34. The predicted octanol–water partition coefficient (Wildman–Crippen LogP) is 1.66. The van der Waals surface area contributed by atoms with Crippen LogP contribution >= 0.6 is 0 Å². The van der Waals surface area contributed by atoms with E-state index in [-0.39, 0.29) is 0 Å². The van der Waals surface area contributed by atoms with Crippen LogP contribution in [0.25, 0.3) is 10.8 Å². The highest BCUT2D eigenvalue weighted by Crippen LogP contribution is 2.18. The molecular weight excluding hydrogens is 146 g/mol. The van der Waals surface area contributed by atoms with Crippen molar-refractivity contribution in [2.75, 3.05) is 7.05 Å². The molecule has 12 heavy (non-hydrogen) atoms. The maximum Gasteiger partial charge on any atom is 0.137 e. The Labute approximate surface area is 72.0 Å². The smallest absolute Gasteiger partial charge is 0.137 e. The zero-order chi connectivity index (χ0) is 8.39. The summed E-state index contributed by atoms with van der Waals surface area (Å²) in [5, 5.41) is 4.79. The van der Waals surface area contributed by atoms with Crippen LogP contribution in [0.4, 0.5) is 5.69 Å². The van der Waals surface area contributed by atoms with Gasteiger partial charge in [-0.25, -0.2) is 0 Å². The van der Waals surface area contributed by atoms with E-state index >= 15 is 0 Å². The Morgan fingerprint density at radius 1 is 0.917 bits per heavy atom. The van der Waals surface area contributed by atoms with Gasteiger partial charge in [-0.2, -0.15) is 0 Å². The van der Waals surface area contributed by atoms with Crippen molar-refractivity contribution >= 4 is 16.5 Å². The van der Waals surface area contributed by atoms with E-state index in [4.69, 9.17) is 0 Å². The molecule has 0 amide bonds. The molecule has 2 N–H and O–H groups in total. The van der Waals surface area contributed by atoms with Gasteiger partial charge < -0.3 is 5.32 Å². The van der Waals surface area contributed by atoms with Gasteiger partial charge in [0.25, 0.3) is 0 Å². The summed E-state index contributed by atoms with van der Waals surface area (Å²) in [4.78, 5) is 0. The molecule has 0 aliphatic carbocycles. The van der Waals surface area contributed by atoms with Crippen LogP contribution in [0.15, 0.2) is 42.5 Å². The molecule has 0 unspecified atom stereocenters. The highest BCUT2D eigenvalue weighted by Gasteiger charge is 1.98. The van der Waals surface area contributed by atoms with Crippen molar-refractivity contribution in [3.63, 3.8) is 0 Å². The van der Waals surface area contributed by atoms with Crippen LogP contribution in [-0.2, 0) is 0 Å². The molecule has 0 spiro atoms. The Bertz CT molecular complexity index is 388. The number of quaternary nitrogens is 1. The third-order valence-corrected chi connectivity index (χ3v) is 2.13. The monoisotopic (exact) mass is 158 g/mol. The van der Waals surface area contributed by atoms with E-state index in [1.807, 2.05) is 0 Å². The summed E-state index contributed by atoms with van der Waals surface area (Å²) in [6.07, 6.45) is 0. The lowest BCUT2D eigenvalue weighted by Crippen LogP contribution is -2.72. The van der Waals surface area contributed by atoms with E-state index in [1.54, 1.807) is 0 Å². The summed E-state index contributed by atoms with van der Waals surface area (Å²) in [6, 6.07) is 14.8. The highest BCUT2D eigenvalue weighted by atomic mass is 14.8. The van der Waals surface area contributed by atoms with E-state index in [2.05, 4.69) is 54.8 Å². The molecule has 0 atom stereocenters. The summed E-state index contributed by atoms with van der Waals surface area (Å²) >= 11 is 0. The van der Waals surface area contributed by atoms with Gasteiger partial charge in [-0.15, -0.1) is 0 Å². The zero-order valence-corrected chi connectivity index (χ0v) is 7.12. The lowest BCUT2D eigenvalue weighted by Gasteiger charge is -1.99. The maximum absolute atomic E-state index is 2.16. The summed E-state index contributed by atoms with van der Waals surface area (Å²) < 4.78 is 0. The van der Waals surface area contributed by atoms with Gasteiger partial charge >= 0.3 is 0 Å². The van der Waals surface area contributed by atoms with Gasteiger partial charge in [0.05, 0.1) is 7.05 Å². The molecule has 60 valence electrons. The second-order valence-corrected chi connectivity index (χ2v) is 2.86. The van der Waals surface area contributed by atoms with Crippen molar-refractivity contribution < 1.29 is 5.32 Å². The van der Waals surface area contributed by atoms with Crippen molar-refractivity contribution in [2.24, 2.45) is 0 Å². The molecule has 1 nitrogen and oxygen atoms in total. The van der Waals surface area contributed by atoms with Crippen LogP contribution < -0.4 is 5.32 Å². The van der Waals surface area contributed by atoms with Gasteiger partial charge in [-0.05, 0) is 17.5 Å². The van der Waals surface area contributed by atoms with Crippen LogP contribution in [0, 0.1) is 0 Å². The number of nitrogens with two attached hydrogens (primary N) is 1. The molecule has 1 heteroatoms. The normalized spacial score (nSPS) is 10.4. The van der Waals surface area contributed by atoms with Gasteiger partial charge in [0, 0.05) is 5.39 Å². The molecule has 0 saturated heterocycles. The lowest BCUT2D eigenvalue weighted by molar-refractivity contribution is -0.537. The molecule has 0 heterocycles. The third kappa shape index (κ3) is 1.08. The number of hydrogen-bond acceptors (Lipinski definition) is 0. The van der Waals surface area contributed by atoms with Crippen LogP contribution in [0.3, 0.4) is 0 Å². The number of benzene rings is 2. The van der Waals surface area contributed by atoms with Crippen molar-refractivity contribution in [1.29, 1.82) is 0 Å². The van der Waals surface area contributed by atoms with E-state index in [9.17, 15) is 0 Å². The average molecular weight is 158 g/mol. The molecule has 2 rings (SSSR count). The van der Waals surface area contributed by atoms with Crippen molar-refractivity contribution in [2.45, 2.75) is 0 Å². The third-order valence-electron chi connectivity index (χ3n) is 2.13. The van der Waals surface area contributed by atoms with Crippen molar-refractivity contribution in [3.05, 3.63) is 42.5 Å². The van der Waals surface area contributed by atoms with Crippen LogP contribution in [0.2, 0.25) is 0 Å². The standard InChI is InChI=1S/C11H11N/c1-12-11-8-4-6-9-5-2-3-7-10(9)11/h2-8,12H,1H3/p+1. The highest BCUT2D eigenvalue weighted by molar-refractivity contribution is 5.90. The quantitative estimate of drug-likeness (QED) is 0.608. The molecule has 0 radical (unpaired) electrons. The molecule has 2 aromatic rings. The number of hydrogen-bond donors (Lipinski definition) is 1. The molecule has 0 aliphatic heterocycles. The molecule has 0 bridgehead atoms. The second-order valence-electron chi connectivity index (χ2n) is 2.86. The van der Waals surface area contributed by atoms with E-state index in [1.165, 1.54) is 16.5 Å². The molecule has 0 saturated carbocycles. The Morgan fingerprint density at radius 3 is 2.50 bits per heavy atom. The van der Waals surface area contributed by atoms with Gasteiger partial charge in [-0.3, -0.25) is 0 Å². The predicted molar refractivity (Wildman–Crippen MR) is 51.5 cm³/mol. The average Bonchev–Trinajstić information content (AvgIpc) is 2.17. The van der Waals surface area contributed by atoms with Gasteiger partial charge in [-0.1, -0.05) is 30.3 Å². The first-order chi connectivity index (χ1) is 5.92. The molecule has 2 aromatic carbocycles. The second kappa shape index (κ2) is 2.95. The summed E-state index contributed by atoms with van der Waals surface area (Å²) in [5.41, 5.74) is 1.31. The fourth-order valence-corrected chi connectivity index (χ4v) is 1.50. The van der Waals surface area contributed by atoms with E-state index < -0.39 is 0 Å². The Morgan fingerprint density at radius 2 is 1.67 bits per heavy atom. The fraction of sp³-hybridized carbons (Fsp3) is 0.0909. The topological polar surface area (TPSA) is 16.6 Å².